The molecule has 2 nitrogen and oxygen atoms in total. The zero-order valence-corrected chi connectivity index (χ0v) is 8.39. The van der Waals surface area contributed by atoms with Gasteiger partial charge < -0.3 is 9.47 Å². The Morgan fingerprint density at radius 2 is 2.33 bits per heavy atom. The molecule has 0 N–H and O–H groups in total. The molecule has 1 unspecified atom stereocenters. The normalized spacial score (nSPS) is 23.2. The van der Waals surface area contributed by atoms with Gasteiger partial charge in [0.1, 0.15) is 0 Å². The van der Waals surface area contributed by atoms with Gasteiger partial charge in [0.15, 0.2) is 0 Å². The minimum absolute atomic E-state index is 0.654. The second kappa shape index (κ2) is 6.75. The maximum atomic E-state index is 5.51. The number of hydrogen-bond donors (Lipinski definition) is 1. The summed E-state index contributed by atoms with van der Waals surface area (Å²) in [4.78, 5) is 0. The molecule has 1 aliphatic heterocycles. The van der Waals surface area contributed by atoms with E-state index in [0.717, 1.165) is 45.0 Å². The van der Waals surface area contributed by atoms with Gasteiger partial charge in [0.25, 0.3) is 0 Å². The van der Waals surface area contributed by atoms with Crippen molar-refractivity contribution >= 4 is 12.6 Å². The molecule has 0 saturated carbocycles. The third-order valence-electron chi connectivity index (χ3n) is 2.07. The van der Waals surface area contributed by atoms with E-state index in [4.69, 9.17) is 9.47 Å². The van der Waals surface area contributed by atoms with Gasteiger partial charge in [-0.3, -0.25) is 0 Å². The van der Waals surface area contributed by atoms with Crippen LogP contribution in [0.25, 0.3) is 0 Å². The predicted molar refractivity (Wildman–Crippen MR) is 52.8 cm³/mol. The van der Waals surface area contributed by atoms with Crippen LogP contribution >= 0.6 is 12.6 Å². The van der Waals surface area contributed by atoms with Gasteiger partial charge in [-0.2, -0.15) is 12.6 Å². The Labute approximate surface area is 80.0 Å². The molecule has 1 heterocycles. The zero-order valence-electron chi connectivity index (χ0n) is 7.50. The highest BCUT2D eigenvalue weighted by molar-refractivity contribution is 7.80. The van der Waals surface area contributed by atoms with Crippen molar-refractivity contribution in [2.24, 2.45) is 5.92 Å². The quantitative estimate of drug-likeness (QED) is 0.508. The predicted octanol–water partition coefficient (Wildman–Crippen LogP) is 1.75. The van der Waals surface area contributed by atoms with Gasteiger partial charge >= 0.3 is 0 Å². The van der Waals surface area contributed by atoms with Crippen LogP contribution in [0.3, 0.4) is 0 Å². The van der Waals surface area contributed by atoms with Crippen LogP contribution < -0.4 is 0 Å². The molecule has 0 aromatic rings. The highest BCUT2D eigenvalue weighted by Gasteiger charge is 2.14. The molecule has 0 bridgehead atoms. The van der Waals surface area contributed by atoms with E-state index in [-0.39, 0.29) is 0 Å². The lowest BCUT2D eigenvalue weighted by Crippen LogP contribution is -2.09. The number of unbranched alkanes of at least 4 members (excludes halogenated alkanes) is 1. The first-order valence-electron chi connectivity index (χ1n) is 4.70. The summed E-state index contributed by atoms with van der Waals surface area (Å²) in [6.07, 6.45) is 3.47. The summed E-state index contributed by atoms with van der Waals surface area (Å²) in [6, 6.07) is 0. The number of ether oxygens (including phenoxy) is 2. The second-order valence-electron chi connectivity index (χ2n) is 3.24. The van der Waals surface area contributed by atoms with E-state index < -0.39 is 0 Å². The average molecular weight is 190 g/mol. The summed E-state index contributed by atoms with van der Waals surface area (Å²) in [7, 11) is 0. The molecule has 0 aromatic carbocycles. The van der Waals surface area contributed by atoms with Gasteiger partial charge in [0.05, 0.1) is 13.2 Å². The van der Waals surface area contributed by atoms with Gasteiger partial charge in [-0.15, -0.1) is 0 Å². The van der Waals surface area contributed by atoms with E-state index in [0.29, 0.717) is 5.92 Å². The Morgan fingerprint density at radius 1 is 1.42 bits per heavy atom. The minimum atomic E-state index is 0.654. The largest absolute Gasteiger partial charge is 0.381 e. The van der Waals surface area contributed by atoms with E-state index >= 15 is 0 Å². The molecule has 1 atom stereocenters. The van der Waals surface area contributed by atoms with Crippen LogP contribution in [-0.2, 0) is 9.47 Å². The first-order valence-corrected chi connectivity index (χ1v) is 5.33. The van der Waals surface area contributed by atoms with Crippen molar-refractivity contribution in [2.45, 2.75) is 19.3 Å². The van der Waals surface area contributed by atoms with Crippen molar-refractivity contribution in [1.82, 2.24) is 0 Å². The standard InChI is InChI=1S/C9H18O2S/c12-6-2-1-4-10-7-9-3-5-11-8-9/h9,12H,1-8H2. The topological polar surface area (TPSA) is 18.5 Å². The summed E-state index contributed by atoms with van der Waals surface area (Å²) in [5.74, 6) is 1.62. The van der Waals surface area contributed by atoms with E-state index in [1.807, 2.05) is 0 Å². The van der Waals surface area contributed by atoms with Gasteiger partial charge in [-0.1, -0.05) is 0 Å². The molecule has 12 heavy (non-hydrogen) atoms. The van der Waals surface area contributed by atoms with Crippen LogP contribution in [0.5, 0.6) is 0 Å². The molecule has 1 rings (SSSR count). The molecule has 1 fully saturated rings. The monoisotopic (exact) mass is 190 g/mol. The van der Waals surface area contributed by atoms with Crippen molar-refractivity contribution in [1.29, 1.82) is 0 Å². The molecule has 0 radical (unpaired) electrons. The number of thiol groups is 1. The van der Waals surface area contributed by atoms with Crippen molar-refractivity contribution in [3.8, 4) is 0 Å². The van der Waals surface area contributed by atoms with E-state index in [9.17, 15) is 0 Å². The summed E-state index contributed by atoms with van der Waals surface area (Å²) in [5.41, 5.74) is 0. The number of rotatable bonds is 6. The zero-order chi connectivity index (χ0) is 8.65. The van der Waals surface area contributed by atoms with Gasteiger partial charge in [-0.05, 0) is 25.0 Å². The molecule has 0 spiro atoms. The molecule has 0 amide bonds. The molecule has 1 aliphatic rings. The Morgan fingerprint density at radius 3 is 3.00 bits per heavy atom. The highest BCUT2D eigenvalue weighted by Crippen LogP contribution is 2.12. The molecule has 0 aliphatic carbocycles. The van der Waals surface area contributed by atoms with Crippen LogP contribution in [0.15, 0.2) is 0 Å². The Bertz CT molecular complexity index is 103. The lowest BCUT2D eigenvalue weighted by atomic mass is 10.1. The van der Waals surface area contributed by atoms with Gasteiger partial charge in [0.2, 0.25) is 0 Å². The van der Waals surface area contributed by atoms with E-state index in [1.165, 1.54) is 6.42 Å². The minimum Gasteiger partial charge on any atom is -0.381 e. The fourth-order valence-corrected chi connectivity index (χ4v) is 1.50. The first kappa shape index (κ1) is 10.4. The smallest absolute Gasteiger partial charge is 0.0517 e. The maximum absolute atomic E-state index is 5.51. The lowest BCUT2D eigenvalue weighted by Gasteiger charge is -2.07. The van der Waals surface area contributed by atoms with Crippen LogP contribution in [0.2, 0.25) is 0 Å². The van der Waals surface area contributed by atoms with Crippen LogP contribution in [0.1, 0.15) is 19.3 Å². The lowest BCUT2D eigenvalue weighted by molar-refractivity contribution is 0.0881. The maximum Gasteiger partial charge on any atom is 0.0517 e. The summed E-state index contributed by atoms with van der Waals surface area (Å²) >= 11 is 4.13. The third-order valence-corrected chi connectivity index (χ3v) is 2.39. The van der Waals surface area contributed by atoms with E-state index in [1.54, 1.807) is 0 Å². The SMILES string of the molecule is SCCCCOCC1CCOC1. The Kier molecular flexibility index (Phi) is 5.82. The Balaban J connectivity index is 1.81. The van der Waals surface area contributed by atoms with Crippen molar-refractivity contribution in [2.75, 3.05) is 32.2 Å². The van der Waals surface area contributed by atoms with Crippen molar-refractivity contribution in [3.63, 3.8) is 0 Å². The highest BCUT2D eigenvalue weighted by atomic mass is 32.1. The summed E-state index contributed by atoms with van der Waals surface area (Å²) in [6.45, 7) is 3.58. The number of hydrogen-bond acceptors (Lipinski definition) is 3. The van der Waals surface area contributed by atoms with Crippen molar-refractivity contribution in [3.05, 3.63) is 0 Å². The molecule has 3 heteroatoms. The fourth-order valence-electron chi connectivity index (χ4n) is 1.28. The van der Waals surface area contributed by atoms with Crippen LogP contribution in [0, 0.1) is 5.92 Å². The van der Waals surface area contributed by atoms with Crippen LogP contribution in [0.4, 0.5) is 0 Å². The third kappa shape index (κ3) is 4.33. The Hall–Kier alpha value is 0.270. The molecular formula is C9H18O2S. The van der Waals surface area contributed by atoms with Crippen molar-refractivity contribution < 1.29 is 9.47 Å². The molecular weight excluding hydrogens is 172 g/mol. The first-order chi connectivity index (χ1) is 5.93. The van der Waals surface area contributed by atoms with Crippen LogP contribution in [-0.4, -0.2) is 32.2 Å². The van der Waals surface area contributed by atoms with Gasteiger partial charge in [-0.25, -0.2) is 0 Å². The molecule has 0 aromatic heterocycles. The molecule has 72 valence electrons. The van der Waals surface area contributed by atoms with Gasteiger partial charge in [0, 0.05) is 19.1 Å². The summed E-state index contributed by atoms with van der Waals surface area (Å²) in [5, 5.41) is 0. The fraction of sp³-hybridized carbons (Fsp3) is 1.00. The summed E-state index contributed by atoms with van der Waals surface area (Å²) < 4.78 is 10.7. The second-order valence-corrected chi connectivity index (χ2v) is 3.68. The molecule has 1 saturated heterocycles. The van der Waals surface area contributed by atoms with E-state index in [2.05, 4.69) is 12.6 Å². The average Bonchev–Trinajstić information content (AvgIpc) is 2.57.